The molecule has 0 radical (unpaired) electrons. The Morgan fingerprint density at radius 1 is 0.833 bits per heavy atom. The lowest BCUT2D eigenvalue weighted by molar-refractivity contribution is -0.686. The quantitative estimate of drug-likeness (QED) is 0.0876. The predicted octanol–water partition coefficient (Wildman–Crippen LogP) is 9.19. The van der Waals surface area contributed by atoms with Crippen LogP contribution in [0.1, 0.15) is 95.1 Å². The van der Waals surface area contributed by atoms with E-state index >= 15 is 0 Å². The van der Waals surface area contributed by atoms with Gasteiger partial charge in [0.2, 0.25) is 12.2 Å². The number of benzene rings is 2. The van der Waals surface area contributed by atoms with Crippen molar-refractivity contribution >= 4 is 28.7 Å². The van der Waals surface area contributed by atoms with E-state index in [9.17, 15) is 4.79 Å². The van der Waals surface area contributed by atoms with Gasteiger partial charge in [-0.05, 0) is 42.3 Å². The first-order valence-corrected chi connectivity index (χ1v) is 16.2. The van der Waals surface area contributed by atoms with Crippen LogP contribution in [0.3, 0.4) is 0 Å². The van der Waals surface area contributed by atoms with Gasteiger partial charge in [-0.3, -0.25) is 4.79 Å². The first kappa shape index (κ1) is 31.6. The number of carbonyl (C=O) groups is 1. The number of pyridine rings is 1. The maximum absolute atomic E-state index is 13.0. The normalized spacial score (nSPS) is 11.2. The van der Waals surface area contributed by atoms with E-state index in [1.54, 1.807) is 0 Å². The highest BCUT2D eigenvalue weighted by molar-refractivity contribution is 6.31. The molecule has 4 aromatic rings. The molecule has 0 atom stereocenters. The van der Waals surface area contributed by atoms with Gasteiger partial charge in [-0.1, -0.05) is 119 Å². The molecule has 42 heavy (non-hydrogen) atoms. The Balaban J connectivity index is 1.15. The van der Waals surface area contributed by atoms with Crippen molar-refractivity contribution in [2.75, 3.05) is 11.9 Å². The lowest BCUT2D eigenvalue weighted by Gasteiger charge is -2.12. The van der Waals surface area contributed by atoms with Crippen molar-refractivity contribution in [3.63, 3.8) is 0 Å². The molecular formula is C36H47ClN3O2+. The summed E-state index contributed by atoms with van der Waals surface area (Å²) in [5.74, 6) is 0.663. The fourth-order valence-corrected chi connectivity index (χ4v) is 5.61. The number of hydrogen-bond acceptors (Lipinski definition) is 2. The number of nitrogens with one attached hydrogen (secondary N) is 1. The highest BCUT2D eigenvalue weighted by Crippen LogP contribution is 2.24. The number of amides is 1. The lowest BCUT2D eigenvalue weighted by Crippen LogP contribution is -2.32. The van der Waals surface area contributed by atoms with E-state index in [1.165, 1.54) is 70.6 Å². The van der Waals surface area contributed by atoms with Gasteiger partial charge in [0.15, 0.2) is 5.52 Å². The second kappa shape index (κ2) is 17.6. The molecule has 0 spiro atoms. The number of nitrogens with zero attached hydrogens (tertiary/aromatic N) is 2. The molecule has 224 valence electrons. The number of para-hydroxylation sites is 1. The summed E-state index contributed by atoms with van der Waals surface area (Å²) in [5.41, 5.74) is 3.76. The Labute approximate surface area is 256 Å². The van der Waals surface area contributed by atoms with Crippen molar-refractivity contribution in [2.45, 2.75) is 96.9 Å². The molecule has 0 aliphatic carbocycles. The molecule has 2 aromatic carbocycles. The Hall–Kier alpha value is -3.31. The van der Waals surface area contributed by atoms with Crippen LogP contribution in [-0.4, -0.2) is 16.9 Å². The molecule has 1 N–H and O–H groups in total. The number of rotatable bonds is 19. The molecule has 0 saturated heterocycles. The summed E-state index contributed by atoms with van der Waals surface area (Å²) in [6.45, 7) is 3.62. The highest BCUT2D eigenvalue weighted by atomic mass is 35.5. The van der Waals surface area contributed by atoms with Crippen LogP contribution in [-0.2, 0) is 17.8 Å². The van der Waals surface area contributed by atoms with Crippen LogP contribution < -0.4 is 14.6 Å². The van der Waals surface area contributed by atoms with Crippen LogP contribution in [0.25, 0.3) is 5.52 Å². The molecule has 0 fully saturated rings. The maximum atomic E-state index is 13.0. The number of hydrogen-bond donors (Lipinski definition) is 1. The van der Waals surface area contributed by atoms with Gasteiger partial charge in [0, 0.05) is 16.3 Å². The molecule has 0 saturated carbocycles. The summed E-state index contributed by atoms with van der Waals surface area (Å²) >= 11 is 6.55. The molecule has 5 nitrogen and oxygen atoms in total. The molecule has 2 aromatic heterocycles. The van der Waals surface area contributed by atoms with E-state index in [0.717, 1.165) is 34.5 Å². The number of aromatic nitrogens is 2. The highest BCUT2D eigenvalue weighted by Gasteiger charge is 2.13. The standard InChI is InChI=1S/C36H46ClN3O2/c1-2-3-4-5-6-7-8-9-10-11-12-17-24-42-33-22-21-30(34(37)26-33)25-36(41)38-35-20-14-13-18-31(35)27-39-28-32-19-15-16-23-40(32)29-39/h13-16,18-23,26,28-29H,2-12,17,24-25,27H2,1H3/p+1. The SMILES string of the molecule is CCCCCCCCCCCCCCOc1ccc(CC(=O)Nc2ccccc2C[n+]2cc3ccccn3c2)c(Cl)c1. The Morgan fingerprint density at radius 3 is 2.24 bits per heavy atom. The fourth-order valence-electron chi connectivity index (χ4n) is 5.37. The zero-order valence-corrected chi connectivity index (χ0v) is 26.0. The van der Waals surface area contributed by atoms with Gasteiger partial charge in [0.05, 0.1) is 19.2 Å². The van der Waals surface area contributed by atoms with Gasteiger partial charge in [0.25, 0.3) is 0 Å². The van der Waals surface area contributed by atoms with E-state index in [0.29, 0.717) is 18.2 Å². The summed E-state index contributed by atoms with van der Waals surface area (Å²) in [6, 6.07) is 19.7. The molecule has 0 aliphatic rings. The number of carbonyl (C=O) groups excluding carboxylic acids is 1. The molecule has 1 amide bonds. The van der Waals surface area contributed by atoms with Gasteiger partial charge >= 0.3 is 0 Å². The molecule has 0 bridgehead atoms. The summed E-state index contributed by atoms with van der Waals surface area (Å²) in [5, 5.41) is 3.64. The number of unbranched alkanes of at least 4 members (excludes halogenated alkanes) is 11. The van der Waals surface area contributed by atoms with Crippen LogP contribution in [0.5, 0.6) is 5.75 Å². The molecule has 0 unspecified atom stereocenters. The van der Waals surface area contributed by atoms with Crippen molar-refractivity contribution in [3.05, 3.63) is 95.5 Å². The first-order valence-electron chi connectivity index (χ1n) is 15.9. The minimum atomic E-state index is -0.0958. The van der Waals surface area contributed by atoms with Crippen molar-refractivity contribution in [1.82, 2.24) is 4.40 Å². The molecule has 4 rings (SSSR count). The summed E-state index contributed by atoms with van der Waals surface area (Å²) in [6.07, 6.45) is 22.3. The van der Waals surface area contributed by atoms with Crippen LogP contribution >= 0.6 is 11.6 Å². The van der Waals surface area contributed by atoms with Crippen molar-refractivity contribution in [2.24, 2.45) is 0 Å². The van der Waals surface area contributed by atoms with E-state index in [4.69, 9.17) is 16.3 Å². The Bertz CT molecular complexity index is 1350. The van der Waals surface area contributed by atoms with E-state index < -0.39 is 0 Å². The number of imidazole rings is 1. The third kappa shape index (κ3) is 10.5. The largest absolute Gasteiger partial charge is 0.494 e. The van der Waals surface area contributed by atoms with Crippen molar-refractivity contribution in [1.29, 1.82) is 0 Å². The van der Waals surface area contributed by atoms with E-state index in [1.807, 2.05) is 60.8 Å². The zero-order valence-electron chi connectivity index (χ0n) is 25.2. The number of fused-ring (bicyclic) bond motifs is 1. The second-order valence-electron chi connectivity index (χ2n) is 11.3. The van der Waals surface area contributed by atoms with E-state index in [2.05, 4.69) is 39.8 Å². The monoisotopic (exact) mass is 588 g/mol. The van der Waals surface area contributed by atoms with Crippen molar-refractivity contribution < 1.29 is 14.1 Å². The number of anilines is 1. The summed E-state index contributed by atoms with van der Waals surface area (Å²) in [7, 11) is 0. The topological polar surface area (TPSA) is 46.6 Å². The van der Waals surface area contributed by atoms with Crippen LogP contribution in [0.2, 0.25) is 5.02 Å². The fraction of sp³-hybridized carbons (Fsp3) is 0.444. The maximum Gasteiger partial charge on any atom is 0.249 e. The van der Waals surface area contributed by atoms with E-state index in [-0.39, 0.29) is 12.3 Å². The summed E-state index contributed by atoms with van der Waals surface area (Å²) < 4.78 is 10.1. The van der Waals surface area contributed by atoms with Gasteiger partial charge < -0.3 is 10.1 Å². The third-order valence-corrected chi connectivity index (χ3v) is 8.13. The van der Waals surface area contributed by atoms with Gasteiger partial charge in [0.1, 0.15) is 18.5 Å². The average molecular weight is 589 g/mol. The third-order valence-electron chi connectivity index (χ3n) is 7.78. The smallest absolute Gasteiger partial charge is 0.249 e. The first-order chi connectivity index (χ1) is 20.6. The average Bonchev–Trinajstić information content (AvgIpc) is 3.40. The Morgan fingerprint density at radius 2 is 1.52 bits per heavy atom. The minimum absolute atomic E-state index is 0.0958. The number of ether oxygens (including phenoxy) is 1. The van der Waals surface area contributed by atoms with Gasteiger partial charge in [-0.15, -0.1) is 0 Å². The zero-order chi connectivity index (χ0) is 29.4. The minimum Gasteiger partial charge on any atom is -0.494 e. The predicted molar refractivity (Wildman–Crippen MR) is 173 cm³/mol. The summed E-state index contributed by atoms with van der Waals surface area (Å²) in [4.78, 5) is 13.0. The second-order valence-corrected chi connectivity index (χ2v) is 11.7. The van der Waals surface area contributed by atoms with Crippen LogP contribution in [0.15, 0.2) is 79.4 Å². The molecule has 0 aliphatic heterocycles. The Kier molecular flexibility index (Phi) is 13.3. The van der Waals surface area contributed by atoms with Gasteiger partial charge in [-0.2, -0.15) is 0 Å². The van der Waals surface area contributed by atoms with Crippen LogP contribution in [0.4, 0.5) is 5.69 Å². The molecule has 6 heteroatoms. The van der Waals surface area contributed by atoms with Crippen LogP contribution in [0, 0.1) is 0 Å². The van der Waals surface area contributed by atoms with Gasteiger partial charge in [-0.25, -0.2) is 8.97 Å². The number of halogens is 1. The lowest BCUT2D eigenvalue weighted by atomic mass is 10.1. The van der Waals surface area contributed by atoms with Crippen molar-refractivity contribution in [3.8, 4) is 5.75 Å². The molecule has 2 heterocycles. The molecular weight excluding hydrogens is 542 g/mol.